The predicted molar refractivity (Wildman–Crippen MR) is 60.0 cm³/mol. The summed E-state index contributed by atoms with van der Waals surface area (Å²) in [7, 11) is 0. The van der Waals surface area contributed by atoms with E-state index in [0.29, 0.717) is 12.8 Å². The SMILES string of the molecule is O=C(O)[C@H]1CC[C@@H](C(=O)NCCSC(F)(F)F)C1. The minimum absolute atomic E-state index is 0.0583. The molecule has 1 amide bonds. The van der Waals surface area contributed by atoms with Crippen molar-refractivity contribution in [3.63, 3.8) is 0 Å². The van der Waals surface area contributed by atoms with E-state index in [1.54, 1.807) is 0 Å². The maximum Gasteiger partial charge on any atom is 0.441 e. The lowest BCUT2D eigenvalue weighted by atomic mass is 10.0. The number of carboxylic acids is 1. The molecule has 0 aromatic rings. The van der Waals surface area contributed by atoms with Crippen molar-refractivity contribution in [2.45, 2.75) is 24.8 Å². The van der Waals surface area contributed by atoms with Crippen LogP contribution in [0.15, 0.2) is 0 Å². The number of aliphatic carboxylic acids is 1. The maximum absolute atomic E-state index is 11.8. The molecule has 0 saturated heterocycles. The molecule has 1 aliphatic carbocycles. The van der Waals surface area contributed by atoms with Gasteiger partial charge in [-0.25, -0.2) is 0 Å². The molecule has 0 heterocycles. The van der Waals surface area contributed by atoms with Gasteiger partial charge in [-0.2, -0.15) is 13.2 Å². The number of halogens is 3. The van der Waals surface area contributed by atoms with Gasteiger partial charge in [-0.15, -0.1) is 0 Å². The first-order valence-electron chi connectivity index (χ1n) is 5.51. The lowest BCUT2D eigenvalue weighted by Gasteiger charge is -2.11. The normalized spacial score (nSPS) is 23.9. The van der Waals surface area contributed by atoms with Gasteiger partial charge < -0.3 is 10.4 Å². The molecule has 0 aromatic heterocycles. The Morgan fingerprint density at radius 1 is 1.28 bits per heavy atom. The first-order valence-corrected chi connectivity index (χ1v) is 6.49. The van der Waals surface area contributed by atoms with Crippen LogP contribution in [0.5, 0.6) is 0 Å². The Kier molecular flexibility index (Phi) is 5.30. The number of thioether (sulfide) groups is 1. The van der Waals surface area contributed by atoms with Gasteiger partial charge in [0.1, 0.15) is 0 Å². The van der Waals surface area contributed by atoms with Crippen LogP contribution < -0.4 is 5.32 Å². The van der Waals surface area contributed by atoms with Crippen LogP contribution in [0.2, 0.25) is 0 Å². The fourth-order valence-electron chi connectivity index (χ4n) is 1.93. The Labute approximate surface area is 106 Å². The molecule has 0 bridgehead atoms. The monoisotopic (exact) mass is 285 g/mol. The van der Waals surface area contributed by atoms with E-state index in [2.05, 4.69) is 5.32 Å². The molecule has 0 radical (unpaired) electrons. The topological polar surface area (TPSA) is 66.4 Å². The molecule has 18 heavy (non-hydrogen) atoms. The highest BCUT2D eigenvalue weighted by Gasteiger charge is 2.33. The van der Waals surface area contributed by atoms with Gasteiger partial charge in [-0.1, -0.05) is 0 Å². The summed E-state index contributed by atoms with van der Waals surface area (Å²) in [6.45, 7) is -0.0583. The van der Waals surface area contributed by atoms with Crippen molar-refractivity contribution in [3.8, 4) is 0 Å². The Morgan fingerprint density at radius 3 is 2.39 bits per heavy atom. The summed E-state index contributed by atoms with van der Waals surface area (Å²) in [5, 5.41) is 11.2. The standard InChI is InChI=1S/C10H14F3NO3S/c11-10(12,13)18-4-3-14-8(15)6-1-2-7(5-6)9(16)17/h6-7H,1-5H2,(H,14,15)(H,16,17)/t6-,7+/m1/s1. The van der Waals surface area contributed by atoms with Crippen LogP contribution in [-0.4, -0.2) is 34.8 Å². The minimum Gasteiger partial charge on any atom is -0.481 e. The smallest absolute Gasteiger partial charge is 0.441 e. The average molecular weight is 285 g/mol. The van der Waals surface area contributed by atoms with E-state index in [1.807, 2.05) is 0 Å². The lowest BCUT2D eigenvalue weighted by Crippen LogP contribution is -2.31. The van der Waals surface area contributed by atoms with E-state index in [0.717, 1.165) is 0 Å². The number of amides is 1. The molecule has 1 fully saturated rings. The molecule has 2 atom stereocenters. The second-order valence-electron chi connectivity index (χ2n) is 4.13. The molecule has 0 aromatic carbocycles. The molecule has 0 unspecified atom stereocenters. The predicted octanol–water partition coefficient (Wildman–Crippen LogP) is 1.86. The molecule has 1 rings (SSSR count). The van der Waals surface area contributed by atoms with Gasteiger partial charge in [0.25, 0.3) is 0 Å². The second kappa shape index (κ2) is 6.31. The van der Waals surface area contributed by atoms with Gasteiger partial charge in [0.15, 0.2) is 0 Å². The van der Waals surface area contributed by atoms with Crippen LogP contribution in [0, 0.1) is 11.8 Å². The number of alkyl halides is 3. The minimum atomic E-state index is -4.29. The van der Waals surface area contributed by atoms with Gasteiger partial charge >= 0.3 is 11.5 Å². The van der Waals surface area contributed by atoms with E-state index in [-0.39, 0.29) is 42.3 Å². The van der Waals surface area contributed by atoms with Crippen LogP contribution in [0.25, 0.3) is 0 Å². The highest BCUT2D eigenvalue weighted by Crippen LogP contribution is 2.31. The Balaban J connectivity index is 2.20. The van der Waals surface area contributed by atoms with Crippen LogP contribution in [0.3, 0.4) is 0 Å². The highest BCUT2D eigenvalue weighted by molar-refractivity contribution is 8.00. The molecule has 0 aliphatic heterocycles. The Hall–Kier alpha value is -0.920. The molecule has 1 saturated carbocycles. The summed E-state index contributed by atoms with van der Waals surface area (Å²) in [6.07, 6.45) is 1.20. The van der Waals surface area contributed by atoms with Crippen molar-refractivity contribution in [2.75, 3.05) is 12.3 Å². The maximum atomic E-state index is 11.8. The van der Waals surface area contributed by atoms with Crippen molar-refractivity contribution < 1.29 is 27.9 Å². The summed E-state index contributed by atoms with van der Waals surface area (Å²) >= 11 is -0.185. The molecular weight excluding hydrogens is 271 g/mol. The van der Waals surface area contributed by atoms with Gasteiger partial charge in [-0.3, -0.25) is 9.59 Å². The third-order valence-electron chi connectivity index (χ3n) is 2.82. The van der Waals surface area contributed by atoms with E-state index < -0.39 is 17.4 Å². The fourth-order valence-corrected chi connectivity index (χ4v) is 2.36. The van der Waals surface area contributed by atoms with E-state index in [9.17, 15) is 22.8 Å². The Morgan fingerprint density at radius 2 is 1.89 bits per heavy atom. The number of nitrogens with one attached hydrogen (secondary N) is 1. The van der Waals surface area contributed by atoms with Crippen molar-refractivity contribution in [2.24, 2.45) is 11.8 Å². The van der Waals surface area contributed by atoms with Gasteiger partial charge in [0.2, 0.25) is 5.91 Å². The quantitative estimate of drug-likeness (QED) is 0.757. The number of hydrogen-bond donors (Lipinski definition) is 2. The van der Waals surface area contributed by atoms with E-state index in [4.69, 9.17) is 5.11 Å². The first-order chi connectivity index (χ1) is 8.29. The number of hydrogen-bond acceptors (Lipinski definition) is 3. The summed E-state index contributed by atoms with van der Waals surface area (Å²) in [5.74, 6) is -2.39. The molecule has 1 aliphatic rings. The van der Waals surface area contributed by atoms with Crippen LogP contribution >= 0.6 is 11.8 Å². The highest BCUT2D eigenvalue weighted by atomic mass is 32.2. The summed E-state index contributed by atoms with van der Waals surface area (Å²) in [5.41, 5.74) is -4.29. The van der Waals surface area contributed by atoms with Crippen LogP contribution in [0.4, 0.5) is 13.2 Å². The number of carboxylic acid groups (broad SMARTS) is 1. The van der Waals surface area contributed by atoms with Gasteiger partial charge in [-0.05, 0) is 31.0 Å². The van der Waals surface area contributed by atoms with E-state index >= 15 is 0 Å². The lowest BCUT2D eigenvalue weighted by molar-refractivity contribution is -0.141. The van der Waals surface area contributed by atoms with E-state index in [1.165, 1.54) is 0 Å². The van der Waals surface area contributed by atoms with Crippen LogP contribution in [-0.2, 0) is 9.59 Å². The number of carbonyl (C=O) groups excluding carboxylic acids is 1. The summed E-state index contributed by atoms with van der Waals surface area (Å²) in [4.78, 5) is 22.2. The van der Waals surface area contributed by atoms with Crippen molar-refractivity contribution in [1.82, 2.24) is 5.32 Å². The molecule has 4 nitrogen and oxygen atoms in total. The molecular formula is C10H14F3NO3S. The Bertz CT molecular complexity index is 322. The van der Waals surface area contributed by atoms with Crippen molar-refractivity contribution >= 4 is 23.6 Å². The zero-order valence-electron chi connectivity index (χ0n) is 9.50. The summed E-state index contributed by atoms with van der Waals surface area (Å²) < 4.78 is 35.4. The van der Waals surface area contributed by atoms with Crippen molar-refractivity contribution in [1.29, 1.82) is 0 Å². The van der Waals surface area contributed by atoms with Crippen LogP contribution in [0.1, 0.15) is 19.3 Å². The largest absolute Gasteiger partial charge is 0.481 e. The van der Waals surface area contributed by atoms with Gasteiger partial charge in [0, 0.05) is 18.2 Å². The average Bonchev–Trinajstić information content (AvgIpc) is 2.72. The third kappa shape index (κ3) is 5.16. The van der Waals surface area contributed by atoms with Crippen molar-refractivity contribution in [3.05, 3.63) is 0 Å². The fraction of sp³-hybridized carbons (Fsp3) is 0.800. The number of rotatable bonds is 5. The zero-order chi connectivity index (χ0) is 13.8. The third-order valence-corrected chi connectivity index (χ3v) is 3.56. The molecule has 8 heteroatoms. The van der Waals surface area contributed by atoms with Gasteiger partial charge in [0.05, 0.1) is 5.92 Å². The molecule has 104 valence electrons. The zero-order valence-corrected chi connectivity index (χ0v) is 10.3. The second-order valence-corrected chi connectivity index (χ2v) is 5.29. The molecule has 2 N–H and O–H groups in total. The number of carbonyl (C=O) groups is 2. The summed E-state index contributed by atoms with van der Waals surface area (Å²) in [6, 6.07) is 0. The molecule has 0 spiro atoms. The first kappa shape index (κ1) is 15.1.